The van der Waals surface area contributed by atoms with Crippen molar-refractivity contribution in [1.82, 2.24) is 9.61 Å². The first-order chi connectivity index (χ1) is 10.6. The Kier molecular flexibility index (Phi) is 3.36. The lowest BCUT2D eigenvalue weighted by Crippen LogP contribution is -2.13. The van der Waals surface area contributed by atoms with Crippen LogP contribution in [0, 0.1) is 25.2 Å². The number of hydrogen-bond donors (Lipinski definition) is 1. The highest BCUT2D eigenvalue weighted by Crippen LogP contribution is 2.21. The molecule has 0 radical (unpaired) electrons. The Labute approximate surface area is 127 Å². The van der Waals surface area contributed by atoms with Crippen molar-refractivity contribution >= 4 is 17.1 Å². The molecular formula is C17H14N4O. The predicted octanol–water partition coefficient (Wildman–Crippen LogP) is 3.08. The van der Waals surface area contributed by atoms with Gasteiger partial charge in [-0.3, -0.25) is 4.79 Å². The zero-order valence-corrected chi connectivity index (χ0v) is 12.3. The van der Waals surface area contributed by atoms with Crippen LogP contribution >= 0.6 is 0 Å². The van der Waals surface area contributed by atoms with Gasteiger partial charge in [0.15, 0.2) is 0 Å². The van der Waals surface area contributed by atoms with Gasteiger partial charge < -0.3 is 5.32 Å². The molecule has 0 bridgehead atoms. The molecular weight excluding hydrogens is 276 g/mol. The van der Waals surface area contributed by atoms with Gasteiger partial charge in [-0.1, -0.05) is 12.1 Å². The molecule has 0 aliphatic rings. The molecule has 0 spiro atoms. The van der Waals surface area contributed by atoms with Crippen LogP contribution in [0.5, 0.6) is 0 Å². The second kappa shape index (κ2) is 5.34. The molecule has 0 aliphatic heterocycles. The summed E-state index contributed by atoms with van der Waals surface area (Å²) in [4.78, 5) is 12.5. The lowest BCUT2D eigenvalue weighted by molar-refractivity contribution is 0.102. The maximum atomic E-state index is 12.5. The maximum Gasteiger partial charge on any atom is 0.259 e. The van der Waals surface area contributed by atoms with Crippen LogP contribution in [-0.4, -0.2) is 15.5 Å². The first kappa shape index (κ1) is 13.8. The molecule has 0 fully saturated rings. The summed E-state index contributed by atoms with van der Waals surface area (Å²) in [6.45, 7) is 3.78. The number of fused-ring (bicyclic) bond motifs is 1. The van der Waals surface area contributed by atoms with Crippen LogP contribution in [0.25, 0.3) is 5.52 Å². The third-order valence-corrected chi connectivity index (χ3v) is 3.61. The van der Waals surface area contributed by atoms with Crippen molar-refractivity contribution < 1.29 is 4.79 Å². The van der Waals surface area contributed by atoms with Crippen LogP contribution in [0.4, 0.5) is 5.69 Å². The summed E-state index contributed by atoms with van der Waals surface area (Å²) in [7, 11) is 0. The molecule has 108 valence electrons. The molecule has 1 amide bonds. The van der Waals surface area contributed by atoms with Crippen LogP contribution in [0.3, 0.4) is 0 Å². The zero-order chi connectivity index (χ0) is 15.7. The average molecular weight is 290 g/mol. The van der Waals surface area contributed by atoms with Gasteiger partial charge in [-0.2, -0.15) is 10.4 Å². The molecule has 0 atom stereocenters. The number of pyridine rings is 1. The molecule has 0 saturated carbocycles. The summed E-state index contributed by atoms with van der Waals surface area (Å²) in [6, 6.07) is 11.3. The molecule has 5 heteroatoms. The fraction of sp³-hybridized carbons (Fsp3) is 0.118. The normalized spacial score (nSPS) is 10.4. The number of aromatic nitrogens is 2. The van der Waals surface area contributed by atoms with Crippen molar-refractivity contribution in [2.24, 2.45) is 0 Å². The lowest BCUT2D eigenvalue weighted by atomic mass is 10.0. The number of nitrogens with one attached hydrogen (secondary N) is 1. The van der Waals surface area contributed by atoms with Crippen LogP contribution in [0.1, 0.15) is 27.0 Å². The summed E-state index contributed by atoms with van der Waals surface area (Å²) in [6.07, 6.45) is 3.33. The van der Waals surface area contributed by atoms with Gasteiger partial charge in [-0.25, -0.2) is 4.52 Å². The van der Waals surface area contributed by atoms with Crippen LogP contribution < -0.4 is 5.32 Å². The Morgan fingerprint density at radius 2 is 2.09 bits per heavy atom. The summed E-state index contributed by atoms with van der Waals surface area (Å²) < 4.78 is 1.65. The minimum atomic E-state index is -0.239. The Hall–Kier alpha value is -3.13. The Balaban J connectivity index is 1.97. The number of aryl methyl sites for hydroxylation is 2. The molecule has 2 heterocycles. The lowest BCUT2D eigenvalue weighted by Gasteiger charge is -2.10. The van der Waals surface area contributed by atoms with Crippen LogP contribution in [0.15, 0.2) is 42.7 Å². The monoisotopic (exact) mass is 290 g/mol. The van der Waals surface area contributed by atoms with E-state index < -0.39 is 0 Å². The molecule has 1 aromatic carbocycles. The summed E-state index contributed by atoms with van der Waals surface area (Å²) in [5.74, 6) is -0.239. The summed E-state index contributed by atoms with van der Waals surface area (Å²) in [5.41, 5.74) is 4.25. The van der Waals surface area contributed by atoms with Gasteiger partial charge in [-0.15, -0.1) is 0 Å². The fourth-order valence-corrected chi connectivity index (χ4v) is 2.41. The van der Waals surface area contributed by atoms with Gasteiger partial charge in [0.2, 0.25) is 0 Å². The highest BCUT2D eigenvalue weighted by Gasteiger charge is 2.14. The number of rotatable bonds is 2. The third kappa shape index (κ3) is 2.31. The van der Waals surface area contributed by atoms with Crippen molar-refractivity contribution in [2.45, 2.75) is 13.8 Å². The van der Waals surface area contributed by atoms with Gasteiger partial charge in [0, 0.05) is 11.9 Å². The number of benzene rings is 1. The SMILES string of the molecule is Cc1cc(C)c(NC(=O)c2cnn3ccccc23)cc1C#N. The van der Waals surface area contributed by atoms with E-state index in [1.165, 1.54) is 0 Å². The van der Waals surface area contributed by atoms with Gasteiger partial charge in [0.25, 0.3) is 5.91 Å². The molecule has 3 rings (SSSR count). The van der Waals surface area contributed by atoms with E-state index in [-0.39, 0.29) is 5.91 Å². The smallest absolute Gasteiger partial charge is 0.259 e. The van der Waals surface area contributed by atoms with Gasteiger partial charge in [0.05, 0.1) is 28.9 Å². The van der Waals surface area contributed by atoms with E-state index in [1.807, 2.05) is 38.1 Å². The summed E-state index contributed by atoms with van der Waals surface area (Å²) >= 11 is 0. The first-order valence-corrected chi connectivity index (χ1v) is 6.85. The minimum absolute atomic E-state index is 0.239. The quantitative estimate of drug-likeness (QED) is 0.788. The Morgan fingerprint density at radius 1 is 1.27 bits per heavy atom. The molecule has 22 heavy (non-hydrogen) atoms. The summed E-state index contributed by atoms with van der Waals surface area (Å²) in [5, 5.41) is 16.1. The van der Waals surface area contributed by atoms with Crippen molar-refractivity contribution in [3.05, 3.63) is 65.0 Å². The first-order valence-electron chi connectivity index (χ1n) is 6.85. The van der Waals surface area contributed by atoms with Crippen molar-refractivity contribution in [3.63, 3.8) is 0 Å². The van der Waals surface area contributed by atoms with E-state index >= 15 is 0 Å². The predicted molar refractivity (Wildman–Crippen MR) is 83.8 cm³/mol. The van der Waals surface area contributed by atoms with Crippen molar-refractivity contribution in [2.75, 3.05) is 5.32 Å². The van der Waals surface area contributed by atoms with E-state index in [2.05, 4.69) is 16.5 Å². The van der Waals surface area contributed by atoms with Crippen molar-refractivity contribution in [3.8, 4) is 6.07 Å². The third-order valence-electron chi connectivity index (χ3n) is 3.61. The number of carbonyl (C=O) groups excluding carboxylic acids is 1. The maximum absolute atomic E-state index is 12.5. The average Bonchev–Trinajstić information content (AvgIpc) is 2.94. The molecule has 3 aromatic rings. The number of nitriles is 1. The number of nitrogens with zero attached hydrogens (tertiary/aromatic N) is 3. The number of hydrogen-bond acceptors (Lipinski definition) is 3. The Morgan fingerprint density at radius 3 is 2.86 bits per heavy atom. The molecule has 0 unspecified atom stereocenters. The van der Waals surface area contributed by atoms with E-state index in [9.17, 15) is 4.79 Å². The van der Waals surface area contributed by atoms with Crippen LogP contribution in [0.2, 0.25) is 0 Å². The molecule has 0 saturated heterocycles. The minimum Gasteiger partial charge on any atom is -0.322 e. The highest BCUT2D eigenvalue weighted by molar-refractivity contribution is 6.09. The van der Waals surface area contributed by atoms with E-state index in [0.717, 1.165) is 16.6 Å². The van der Waals surface area contributed by atoms with E-state index in [0.29, 0.717) is 16.8 Å². The second-order valence-corrected chi connectivity index (χ2v) is 5.14. The number of carbonyl (C=O) groups is 1. The molecule has 5 nitrogen and oxygen atoms in total. The van der Waals surface area contributed by atoms with E-state index in [4.69, 9.17) is 5.26 Å². The molecule has 2 aromatic heterocycles. The highest BCUT2D eigenvalue weighted by atomic mass is 16.1. The Bertz CT molecular complexity index is 918. The van der Waals surface area contributed by atoms with Gasteiger partial charge in [-0.05, 0) is 43.2 Å². The zero-order valence-electron chi connectivity index (χ0n) is 12.3. The molecule has 0 aliphatic carbocycles. The fourth-order valence-electron chi connectivity index (χ4n) is 2.41. The van der Waals surface area contributed by atoms with Gasteiger partial charge in [0.1, 0.15) is 0 Å². The largest absolute Gasteiger partial charge is 0.322 e. The van der Waals surface area contributed by atoms with Crippen molar-refractivity contribution in [1.29, 1.82) is 5.26 Å². The topological polar surface area (TPSA) is 70.2 Å². The second-order valence-electron chi connectivity index (χ2n) is 5.14. The number of anilines is 1. The molecule has 1 N–H and O–H groups in total. The van der Waals surface area contributed by atoms with E-state index in [1.54, 1.807) is 23.0 Å². The van der Waals surface area contributed by atoms with Crippen LogP contribution in [-0.2, 0) is 0 Å². The number of amides is 1. The standard InChI is InChI=1S/C17H14N4O/c1-11-7-12(2)15(8-13(11)9-18)20-17(22)14-10-19-21-6-4-3-5-16(14)21/h3-8,10H,1-2H3,(H,20,22). The van der Waals surface area contributed by atoms with Gasteiger partial charge >= 0.3 is 0 Å².